The van der Waals surface area contributed by atoms with Crippen molar-refractivity contribution >= 4 is 44.2 Å². The smallest absolute Gasteiger partial charge is 0.277 e. The molecule has 2 heterocycles. The summed E-state index contributed by atoms with van der Waals surface area (Å²) in [5.74, 6) is 0.359. The fourth-order valence-electron chi connectivity index (χ4n) is 1.68. The molecule has 1 aromatic carbocycles. The third-order valence-corrected chi connectivity index (χ3v) is 3.82. The molecule has 0 bridgehead atoms. The maximum Gasteiger partial charge on any atom is 0.277 e. The van der Waals surface area contributed by atoms with Crippen LogP contribution in [0.15, 0.2) is 30.3 Å². The number of hydrogen-bond donors (Lipinski definition) is 1. The molecule has 6 nitrogen and oxygen atoms in total. The number of carbonyl (C=O) groups is 1. The van der Waals surface area contributed by atoms with Crippen LogP contribution in [0.3, 0.4) is 0 Å². The number of amides is 1. The van der Waals surface area contributed by atoms with Crippen molar-refractivity contribution < 1.29 is 9.53 Å². The molecule has 0 aliphatic carbocycles. The Morgan fingerprint density at radius 3 is 2.86 bits per heavy atom. The highest BCUT2D eigenvalue weighted by Crippen LogP contribution is 2.29. The van der Waals surface area contributed by atoms with Crippen LogP contribution in [0.4, 0.5) is 5.13 Å². The number of halogens is 1. The molecule has 0 fully saturated rings. The average Bonchev–Trinajstić information content (AvgIpc) is 2.88. The lowest BCUT2D eigenvalue weighted by atomic mass is 10.3. The Morgan fingerprint density at radius 2 is 2.14 bits per heavy atom. The number of nitrogens with one attached hydrogen (secondary N) is 1. The van der Waals surface area contributed by atoms with Crippen LogP contribution in [-0.4, -0.2) is 28.2 Å². The van der Waals surface area contributed by atoms with Gasteiger partial charge in [-0.25, -0.2) is 4.98 Å². The van der Waals surface area contributed by atoms with E-state index in [1.54, 1.807) is 7.11 Å². The summed E-state index contributed by atoms with van der Waals surface area (Å²) in [4.78, 5) is 16.3. The van der Waals surface area contributed by atoms with Crippen molar-refractivity contribution in [1.82, 2.24) is 15.2 Å². The summed E-state index contributed by atoms with van der Waals surface area (Å²) in [6.07, 6.45) is 0. The van der Waals surface area contributed by atoms with Crippen molar-refractivity contribution in [3.05, 3.63) is 41.2 Å². The van der Waals surface area contributed by atoms with E-state index >= 15 is 0 Å². The summed E-state index contributed by atoms with van der Waals surface area (Å²) in [6.45, 7) is 0. The highest BCUT2D eigenvalue weighted by atomic mass is 35.5. The monoisotopic (exact) mass is 320 g/mol. The summed E-state index contributed by atoms with van der Waals surface area (Å²) < 4.78 is 6.08. The van der Waals surface area contributed by atoms with Gasteiger partial charge < -0.3 is 4.74 Å². The minimum Gasteiger partial charge on any atom is -0.497 e. The number of fused-ring (bicyclic) bond motifs is 1. The summed E-state index contributed by atoms with van der Waals surface area (Å²) in [7, 11) is 1.60. The fraction of sp³-hybridized carbons (Fsp3) is 0.0769. The number of benzene rings is 1. The Bertz CT molecular complexity index is 804. The Kier molecular flexibility index (Phi) is 3.68. The van der Waals surface area contributed by atoms with Gasteiger partial charge in [0.05, 0.1) is 17.3 Å². The second kappa shape index (κ2) is 5.63. The molecule has 0 aliphatic heterocycles. The summed E-state index contributed by atoms with van der Waals surface area (Å²) in [6, 6.07) is 8.53. The Labute approximate surface area is 128 Å². The molecule has 8 heteroatoms. The van der Waals surface area contributed by atoms with Gasteiger partial charge in [0.2, 0.25) is 0 Å². The second-order valence-electron chi connectivity index (χ2n) is 4.05. The maximum atomic E-state index is 12.0. The van der Waals surface area contributed by atoms with Gasteiger partial charge in [-0.3, -0.25) is 10.1 Å². The van der Waals surface area contributed by atoms with Crippen LogP contribution < -0.4 is 10.1 Å². The minimum absolute atomic E-state index is 0.177. The SMILES string of the molecule is COc1ccc2nc(NC(=O)c3ccc(Cl)nn3)sc2c1. The van der Waals surface area contributed by atoms with Crippen molar-refractivity contribution in [2.24, 2.45) is 0 Å². The molecular weight excluding hydrogens is 312 g/mol. The number of methoxy groups -OCH3 is 1. The lowest BCUT2D eigenvalue weighted by Crippen LogP contribution is -2.13. The molecule has 0 atom stereocenters. The van der Waals surface area contributed by atoms with Crippen molar-refractivity contribution in [2.75, 3.05) is 12.4 Å². The van der Waals surface area contributed by atoms with Gasteiger partial charge in [-0.2, -0.15) is 0 Å². The summed E-state index contributed by atoms with van der Waals surface area (Å²) in [5.41, 5.74) is 0.967. The molecule has 1 amide bonds. The van der Waals surface area contributed by atoms with Crippen LogP contribution in [-0.2, 0) is 0 Å². The van der Waals surface area contributed by atoms with Crippen LogP contribution in [0.5, 0.6) is 5.75 Å². The van der Waals surface area contributed by atoms with E-state index < -0.39 is 0 Å². The largest absolute Gasteiger partial charge is 0.497 e. The first-order chi connectivity index (χ1) is 10.2. The molecular formula is C13H9ClN4O2S. The van der Waals surface area contributed by atoms with Crippen molar-refractivity contribution in [3.8, 4) is 5.75 Å². The average molecular weight is 321 g/mol. The molecule has 0 aliphatic rings. The van der Waals surface area contributed by atoms with E-state index in [2.05, 4.69) is 20.5 Å². The van der Waals surface area contributed by atoms with Crippen molar-refractivity contribution in [3.63, 3.8) is 0 Å². The normalized spacial score (nSPS) is 10.6. The van der Waals surface area contributed by atoms with E-state index in [-0.39, 0.29) is 16.8 Å². The molecule has 0 radical (unpaired) electrons. The van der Waals surface area contributed by atoms with E-state index in [4.69, 9.17) is 16.3 Å². The third-order valence-electron chi connectivity index (χ3n) is 2.68. The van der Waals surface area contributed by atoms with Crippen molar-refractivity contribution in [1.29, 1.82) is 0 Å². The lowest BCUT2D eigenvalue weighted by Gasteiger charge is -1.99. The van der Waals surface area contributed by atoms with E-state index in [1.165, 1.54) is 23.5 Å². The van der Waals surface area contributed by atoms with Gasteiger partial charge in [0, 0.05) is 0 Å². The van der Waals surface area contributed by atoms with Gasteiger partial charge in [-0.05, 0) is 30.3 Å². The van der Waals surface area contributed by atoms with Gasteiger partial charge in [0.15, 0.2) is 16.0 Å². The molecule has 0 saturated carbocycles. The highest BCUT2D eigenvalue weighted by Gasteiger charge is 2.12. The molecule has 21 heavy (non-hydrogen) atoms. The van der Waals surface area contributed by atoms with Crippen LogP contribution in [0, 0.1) is 0 Å². The third kappa shape index (κ3) is 2.93. The molecule has 1 N–H and O–H groups in total. The summed E-state index contributed by atoms with van der Waals surface area (Å²) >= 11 is 6.99. The predicted octanol–water partition coefficient (Wildman–Crippen LogP) is 3.00. The molecule has 106 valence electrons. The molecule has 0 spiro atoms. The number of aromatic nitrogens is 3. The predicted molar refractivity (Wildman–Crippen MR) is 81.2 cm³/mol. The van der Waals surface area contributed by atoms with E-state index in [9.17, 15) is 4.79 Å². The lowest BCUT2D eigenvalue weighted by molar-refractivity contribution is 0.102. The van der Waals surface area contributed by atoms with Crippen LogP contribution in [0.2, 0.25) is 5.15 Å². The Hall–Kier alpha value is -2.25. The van der Waals surface area contributed by atoms with Crippen LogP contribution in [0.1, 0.15) is 10.5 Å². The second-order valence-corrected chi connectivity index (χ2v) is 5.47. The number of anilines is 1. The standard InChI is InChI=1S/C13H9ClN4O2S/c1-20-7-2-3-8-10(6-7)21-13(15-8)16-12(19)9-4-5-11(14)18-17-9/h2-6H,1H3,(H,15,16,19). The quantitative estimate of drug-likeness (QED) is 0.802. The topological polar surface area (TPSA) is 77.0 Å². The fourth-order valence-corrected chi connectivity index (χ4v) is 2.67. The molecule has 3 rings (SSSR count). The van der Waals surface area contributed by atoms with Crippen LogP contribution >= 0.6 is 22.9 Å². The van der Waals surface area contributed by atoms with E-state index in [0.717, 1.165) is 16.0 Å². The first kappa shape index (κ1) is 13.7. The van der Waals surface area contributed by atoms with Crippen molar-refractivity contribution in [2.45, 2.75) is 0 Å². The molecule has 2 aromatic heterocycles. The van der Waals surface area contributed by atoms with Gasteiger partial charge in [0.25, 0.3) is 5.91 Å². The number of nitrogens with zero attached hydrogens (tertiary/aromatic N) is 3. The first-order valence-electron chi connectivity index (χ1n) is 5.91. The molecule has 0 saturated heterocycles. The molecule has 3 aromatic rings. The van der Waals surface area contributed by atoms with E-state index in [0.29, 0.717) is 5.13 Å². The zero-order valence-corrected chi connectivity index (χ0v) is 12.4. The van der Waals surface area contributed by atoms with Gasteiger partial charge in [-0.1, -0.05) is 22.9 Å². The zero-order chi connectivity index (χ0) is 14.8. The maximum absolute atomic E-state index is 12.0. The highest BCUT2D eigenvalue weighted by molar-refractivity contribution is 7.22. The Balaban J connectivity index is 1.84. The first-order valence-corrected chi connectivity index (χ1v) is 7.10. The number of ether oxygens (including phenoxy) is 1. The van der Waals surface area contributed by atoms with Gasteiger partial charge in [-0.15, -0.1) is 10.2 Å². The van der Waals surface area contributed by atoms with Crippen LogP contribution in [0.25, 0.3) is 10.2 Å². The minimum atomic E-state index is -0.384. The number of hydrogen-bond acceptors (Lipinski definition) is 6. The number of carbonyl (C=O) groups excluding carboxylic acids is 1. The number of thiazole rings is 1. The van der Waals surface area contributed by atoms with E-state index in [1.807, 2.05) is 18.2 Å². The molecule has 0 unspecified atom stereocenters. The number of rotatable bonds is 3. The Morgan fingerprint density at radius 1 is 1.29 bits per heavy atom. The van der Waals surface area contributed by atoms with Gasteiger partial charge >= 0.3 is 0 Å². The zero-order valence-electron chi connectivity index (χ0n) is 10.8. The summed E-state index contributed by atoms with van der Waals surface area (Å²) in [5, 5.41) is 10.8. The van der Waals surface area contributed by atoms with Gasteiger partial charge in [0.1, 0.15) is 5.75 Å².